The summed E-state index contributed by atoms with van der Waals surface area (Å²) in [5.41, 5.74) is 2.11. The van der Waals surface area contributed by atoms with Crippen LogP contribution in [0.25, 0.3) is 0 Å². The van der Waals surface area contributed by atoms with Gasteiger partial charge in [0.15, 0.2) is 0 Å². The summed E-state index contributed by atoms with van der Waals surface area (Å²) in [6, 6.07) is 6.25. The molecule has 0 spiro atoms. The zero-order chi connectivity index (χ0) is 13.8. The molecule has 4 nitrogen and oxygen atoms in total. The minimum absolute atomic E-state index is 0.250. The van der Waals surface area contributed by atoms with E-state index in [9.17, 15) is 9.50 Å². The number of halogens is 1. The van der Waals surface area contributed by atoms with Gasteiger partial charge in [-0.1, -0.05) is 25.1 Å². The van der Waals surface area contributed by atoms with E-state index in [1.807, 2.05) is 20.2 Å². The van der Waals surface area contributed by atoms with Gasteiger partial charge in [0.1, 0.15) is 5.82 Å². The zero-order valence-corrected chi connectivity index (χ0v) is 11.1. The number of anilines is 1. The van der Waals surface area contributed by atoms with E-state index in [0.29, 0.717) is 5.56 Å². The van der Waals surface area contributed by atoms with Gasteiger partial charge in [-0.3, -0.25) is 4.68 Å². The maximum Gasteiger partial charge on any atom is 0.129 e. The average molecular weight is 263 g/mol. The first kappa shape index (κ1) is 13.5. The second-order valence-electron chi connectivity index (χ2n) is 4.43. The summed E-state index contributed by atoms with van der Waals surface area (Å²) in [6.45, 7) is 2.26. The number of nitrogens with one attached hydrogen (secondary N) is 1. The summed E-state index contributed by atoms with van der Waals surface area (Å²) in [4.78, 5) is 0. The van der Waals surface area contributed by atoms with E-state index in [1.54, 1.807) is 22.9 Å². The monoisotopic (exact) mass is 263 g/mol. The van der Waals surface area contributed by atoms with E-state index in [2.05, 4.69) is 10.4 Å². The Kier molecular flexibility index (Phi) is 4.16. The van der Waals surface area contributed by atoms with Crippen LogP contribution < -0.4 is 5.32 Å². The molecule has 2 N–H and O–H groups in total. The maximum atomic E-state index is 13.5. The van der Waals surface area contributed by atoms with Gasteiger partial charge in [-0.2, -0.15) is 5.10 Å². The standard InChI is InChI=1S/C14H18FN3O/c1-3-12-13(9-18(2)17-12)16-8-14(19)10-6-4-5-7-11(10)15/h4-7,9,14,16,19H,3,8H2,1-2H3. The lowest BCUT2D eigenvalue weighted by Crippen LogP contribution is -2.13. The molecule has 1 heterocycles. The van der Waals surface area contributed by atoms with Crippen molar-refractivity contribution in [1.82, 2.24) is 9.78 Å². The number of hydrogen-bond acceptors (Lipinski definition) is 3. The Balaban J connectivity index is 2.04. The van der Waals surface area contributed by atoms with Gasteiger partial charge in [-0.15, -0.1) is 0 Å². The van der Waals surface area contributed by atoms with Crippen molar-refractivity contribution in [1.29, 1.82) is 0 Å². The number of aliphatic hydroxyl groups is 1. The van der Waals surface area contributed by atoms with Gasteiger partial charge in [0.2, 0.25) is 0 Å². The van der Waals surface area contributed by atoms with E-state index in [1.165, 1.54) is 6.07 Å². The molecule has 102 valence electrons. The van der Waals surface area contributed by atoms with E-state index < -0.39 is 11.9 Å². The van der Waals surface area contributed by atoms with Gasteiger partial charge in [0.25, 0.3) is 0 Å². The van der Waals surface area contributed by atoms with Crippen LogP contribution >= 0.6 is 0 Å². The molecule has 1 unspecified atom stereocenters. The normalized spacial score (nSPS) is 12.4. The number of rotatable bonds is 5. The largest absolute Gasteiger partial charge is 0.386 e. The first-order chi connectivity index (χ1) is 9.11. The van der Waals surface area contributed by atoms with Gasteiger partial charge in [0, 0.05) is 25.4 Å². The third kappa shape index (κ3) is 3.12. The van der Waals surface area contributed by atoms with Crippen LogP contribution in [-0.2, 0) is 13.5 Å². The Hall–Kier alpha value is -1.88. The smallest absolute Gasteiger partial charge is 0.129 e. The van der Waals surface area contributed by atoms with E-state index in [-0.39, 0.29) is 6.54 Å². The molecule has 0 radical (unpaired) electrons. The van der Waals surface area contributed by atoms with Crippen LogP contribution in [-0.4, -0.2) is 21.4 Å². The average Bonchev–Trinajstić information content (AvgIpc) is 2.77. The van der Waals surface area contributed by atoms with Crippen molar-refractivity contribution < 1.29 is 9.50 Å². The Morgan fingerprint density at radius 1 is 1.42 bits per heavy atom. The lowest BCUT2D eigenvalue weighted by atomic mass is 10.1. The van der Waals surface area contributed by atoms with E-state index >= 15 is 0 Å². The molecule has 0 fully saturated rings. The molecule has 0 aliphatic carbocycles. The molecule has 5 heteroatoms. The van der Waals surface area contributed by atoms with Crippen molar-refractivity contribution >= 4 is 5.69 Å². The maximum absolute atomic E-state index is 13.5. The molecule has 0 aliphatic heterocycles. The van der Waals surface area contributed by atoms with Gasteiger partial charge in [-0.25, -0.2) is 4.39 Å². The fourth-order valence-corrected chi connectivity index (χ4v) is 2.01. The molecule has 0 amide bonds. The topological polar surface area (TPSA) is 50.1 Å². The molecule has 2 aromatic rings. The van der Waals surface area contributed by atoms with Crippen LogP contribution in [0.5, 0.6) is 0 Å². The summed E-state index contributed by atoms with van der Waals surface area (Å²) in [6.07, 6.45) is 1.78. The highest BCUT2D eigenvalue weighted by atomic mass is 19.1. The number of aryl methyl sites for hydroxylation is 2. The molecule has 2 rings (SSSR count). The van der Waals surface area contributed by atoms with Crippen LogP contribution in [0.2, 0.25) is 0 Å². The Morgan fingerprint density at radius 3 is 2.84 bits per heavy atom. The van der Waals surface area contributed by atoms with E-state index in [0.717, 1.165) is 17.8 Å². The fourth-order valence-electron chi connectivity index (χ4n) is 2.01. The molecule has 1 atom stereocenters. The number of hydrogen-bond donors (Lipinski definition) is 2. The Morgan fingerprint density at radius 2 is 2.16 bits per heavy atom. The number of aromatic nitrogens is 2. The predicted octanol–water partition coefficient (Wildman–Crippen LogP) is 2.27. The highest BCUT2D eigenvalue weighted by Gasteiger charge is 2.13. The second kappa shape index (κ2) is 5.84. The number of aliphatic hydroxyl groups excluding tert-OH is 1. The summed E-state index contributed by atoms with van der Waals surface area (Å²) in [5.74, 6) is -0.390. The van der Waals surface area contributed by atoms with Crippen LogP contribution in [0.4, 0.5) is 10.1 Å². The number of benzene rings is 1. The number of nitrogens with zero attached hydrogens (tertiary/aromatic N) is 2. The summed E-state index contributed by atoms with van der Waals surface area (Å²) in [5, 5.41) is 17.4. The van der Waals surface area contributed by atoms with Crippen molar-refractivity contribution in [3.63, 3.8) is 0 Å². The summed E-state index contributed by atoms with van der Waals surface area (Å²) in [7, 11) is 1.84. The van der Waals surface area contributed by atoms with Crippen molar-refractivity contribution in [2.24, 2.45) is 7.05 Å². The van der Waals surface area contributed by atoms with Gasteiger partial charge in [0.05, 0.1) is 17.5 Å². The molecule has 19 heavy (non-hydrogen) atoms. The predicted molar refractivity (Wildman–Crippen MR) is 72.4 cm³/mol. The minimum atomic E-state index is -0.883. The van der Waals surface area contributed by atoms with Crippen molar-refractivity contribution in [3.8, 4) is 0 Å². The third-order valence-corrected chi connectivity index (χ3v) is 2.99. The van der Waals surface area contributed by atoms with Gasteiger partial charge >= 0.3 is 0 Å². The van der Waals surface area contributed by atoms with Crippen molar-refractivity contribution in [3.05, 3.63) is 47.5 Å². The van der Waals surface area contributed by atoms with Crippen LogP contribution in [0, 0.1) is 5.82 Å². The molecule has 0 aliphatic rings. The first-order valence-corrected chi connectivity index (χ1v) is 6.30. The molecule has 0 saturated carbocycles. The minimum Gasteiger partial charge on any atom is -0.386 e. The van der Waals surface area contributed by atoms with Crippen molar-refractivity contribution in [2.45, 2.75) is 19.4 Å². The van der Waals surface area contributed by atoms with Gasteiger partial charge in [-0.05, 0) is 12.5 Å². The van der Waals surface area contributed by atoms with Crippen LogP contribution in [0.1, 0.15) is 24.3 Å². The molecule has 1 aromatic carbocycles. The molecule has 0 saturated heterocycles. The molecule has 0 bridgehead atoms. The summed E-state index contributed by atoms with van der Waals surface area (Å²) < 4.78 is 15.2. The highest BCUT2D eigenvalue weighted by molar-refractivity contribution is 5.46. The van der Waals surface area contributed by atoms with Crippen LogP contribution in [0.15, 0.2) is 30.5 Å². The molecular formula is C14H18FN3O. The lowest BCUT2D eigenvalue weighted by molar-refractivity contribution is 0.186. The zero-order valence-electron chi connectivity index (χ0n) is 11.1. The highest BCUT2D eigenvalue weighted by Crippen LogP contribution is 2.19. The van der Waals surface area contributed by atoms with Gasteiger partial charge < -0.3 is 10.4 Å². The second-order valence-corrected chi connectivity index (χ2v) is 4.43. The quantitative estimate of drug-likeness (QED) is 0.870. The SMILES string of the molecule is CCc1nn(C)cc1NCC(O)c1ccccc1F. The summed E-state index contributed by atoms with van der Waals surface area (Å²) >= 11 is 0. The third-order valence-electron chi connectivity index (χ3n) is 2.99. The fraction of sp³-hybridized carbons (Fsp3) is 0.357. The molecular weight excluding hydrogens is 245 g/mol. The van der Waals surface area contributed by atoms with Crippen LogP contribution in [0.3, 0.4) is 0 Å². The van der Waals surface area contributed by atoms with E-state index in [4.69, 9.17) is 0 Å². The Labute approximate surface area is 111 Å². The van der Waals surface area contributed by atoms with Crippen molar-refractivity contribution in [2.75, 3.05) is 11.9 Å². The Bertz CT molecular complexity index is 553. The lowest BCUT2D eigenvalue weighted by Gasteiger charge is -2.13. The molecule has 1 aromatic heterocycles. The first-order valence-electron chi connectivity index (χ1n) is 6.30.